The number of thiocarbonyl (C=S) groups is 1. The monoisotopic (exact) mass is 531 g/mol. The molecule has 5 rings (SSSR count). The number of hydrogen-bond donors (Lipinski definition) is 0. The smallest absolute Gasteiger partial charge is 0.270 e. The summed E-state index contributed by atoms with van der Waals surface area (Å²) in [7, 11) is 0. The van der Waals surface area contributed by atoms with E-state index in [0.717, 1.165) is 27.0 Å². The van der Waals surface area contributed by atoms with E-state index in [1.807, 2.05) is 66.7 Å². The highest BCUT2D eigenvalue weighted by Gasteiger charge is 2.33. The lowest BCUT2D eigenvalue weighted by molar-refractivity contribution is -0.113. The Morgan fingerprint density at radius 1 is 0.939 bits per heavy atom. The van der Waals surface area contributed by atoms with E-state index in [4.69, 9.17) is 17.0 Å². The lowest BCUT2D eigenvalue weighted by Gasteiger charge is -2.14. The molecule has 1 saturated heterocycles. The van der Waals surface area contributed by atoms with Crippen molar-refractivity contribution in [3.05, 3.63) is 112 Å². The van der Waals surface area contributed by atoms with Crippen LogP contribution >= 0.6 is 39.9 Å². The molecule has 0 saturated carbocycles. The second-order valence-electron chi connectivity index (χ2n) is 7.49. The average molecular weight is 532 g/mol. The van der Waals surface area contributed by atoms with Crippen molar-refractivity contribution in [1.29, 1.82) is 0 Å². The Hall–Kier alpha value is -2.93. The van der Waals surface area contributed by atoms with Crippen molar-refractivity contribution >= 4 is 72.7 Å². The molecular formula is C27H18BrNO2S2. The number of carbonyl (C=O) groups is 1. The molecule has 0 N–H and O–H groups in total. The summed E-state index contributed by atoms with van der Waals surface area (Å²) in [6.07, 6.45) is 1.87. The fourth-order valence-corrected chi connectivity index (χ4v) is 5.38. The molecule has 0 atom stereocenters. The largest absolute Gasteiger partial charge is 0.489 e. The maximum absolute atomic E-state index is 13.0. The van der Waals surface area contributed by atoms with Crippen molar-refractivity contribution in [2.75, 3.05) is 4.90 Å². The Morgan fingerprint density at radius 2 is 1.70 bits per heavy atom. The first-order valence-corrected chi connectivity index (χ1v) is 12.3. The zero-order valence-corrected chi connectivity index (χ0v) is 20.6. The number of amides is 1. The molecule has 0 bridgehead atoms. The number of carbonyl (C=O) groups excluding carboxylic acids is 1. The van der Waals surface area contributed by atoms with Gasteiger partial charge in [0, 0.05) is 4.47 Å². The first kappa shape index (κ1) is 21.9. The van der Waals surface area contributed by atoms with E-state index in [2.05, 4.69) is 46.3 Å². The van der Waals surface area contributed by atoms with Crippen LogP contribution in [-0.4, -0.2) is 10.2 Å². The average Bonchev–Trinajstić information content (AvgIpc) is 3.11. The molecule has 0 aromatic heterocycles. The number of rotatable bonds is 5. The Balaban J connectivity index is 1.29. The van der Waals surface area contributed by atoms with Gasteiger partial charge in [-0.05, 0) is 58.3 Å². The minimum Gasteiger partial charge on any atom is -0.489 e. The third-order valence-electron chi connectivity index (χ3n) is 5.31. The topological polar surface area (TPSA) is 29.5 Å². The van der Waals surface area contributed by atoms with Crippen molar-refractivity contribution in [1.82, 2.24) is 0 Å². The molecule has 1 fully saturated rings. The first-order chi connectivity index (χ1) is 16.1. The Kier molecular flexibility index (Phi) is 6.31. The van der Waals surface area contributed by atoms with Crippen molar-refractivity contribution in [3.63, 3.8) is 0 Å². The zero-order valence-electron chi connectivity index (χ0n) is 17.4. The molecule has 162 valence electrons. The predicted molar refractivity (Wildman–Crippen MR) is 145 cm³/mol. The van der Waals surface area contributed by atoms with Crippen LogP contribution in [0.25, 0.3) is 16.8 Å². The SMILES string of the molecule is O=C1/C(=C\c2ccc(OCc3cccc4ccccc34)cc2)SC(=S)N1c1cccc(Br)c1. The van der Waals surface area contributed by atoms with Gasteiger partial charge in [-0.3, -0.25) is 9.69 Å². The summed E-state index contributed by atoms with van der Waals surface area (Å²) in [5.41, 5.74) is 2.82. The van der Waals surface area contributed by atoms with Crippen LogP contribution in [0.2, 0.25) is 0 Å². The van der Waals surface area contributed by atoms with Crippen LogP contribution in [0.1, 0.15) is 11.1 Å². The summed E-state index contributed by atoms with van der Waals surface area (Å²) >= 11 is 10.2. The van der Waals surface area contributed by atoms with Gasteiger partial charge in [0.25, 0.3) is 5.91 Å². The highest BCUT2D eigenvalue weighted by Crippen LogP contribution is 2.36. The van der Waals surface area contributed by atoms with E-state index in [9.17, 15) is 4.79 Å². The summed E-state index contributed by atoms with van der Waals surface area (Å²) < 4.78 is 7.45. The lowest BCUT2D eigenvalue weighted by Crippen LogP contribution is -2.27. The van der Waals surface area contributed by atoms with E-state index in [0.29, 0.717) is 15.8 Å². The van der Waals surface area contributed by atoms with Gasteiger partial charge < -0.3 is 4.74 Å². The van der Waals surface area contributed by atoms with Crippen molar-refractivity contribution in [2.45, 2.75) is 6.61 Å². The number of ether oxygens (including phenoxy) is 1. The molecule has 1 amide bonds. The number of benzene rings is 4. The normalized spacial score (nSPS) is 14.9. The molecule has 4 aromatic carbocycles. The third kappa shape index (κ3) is 4.74. The van der Waals surface area contributed by atoms with Gasteiger partial charge in [-0.1, -0.05) is 101 Å². The molecule has 1 aliphatic rings. The minimum atomic E-state index is -0.112. The molecule has 0 radical (unpaired) electrons. The van der Waals surface area contributed by atoms with E-state index in [1.54, 1.807) is 4.90 Å². The molecule has 6 heteroatoms. The van der Waals surface area contributed by atoms with Gasteiger partial charge in [-0.2, -0.15) is 0 Å². The minimum absolute atomic E-state index is 0.112. The molecule has 3 nitrogen and oxygen atoms in total. The quantitative estimate of drug-likeness (QED) is 0.196. The highest BCUT2D eigenvalue weighted by molar-refractivity contribution is 9.10. The number of thioether (sulfide) groups is 1. The van der Waals surface area contributed by atoms with Crippen LogP contribution in [0, 0.1) is 0 Å². The van der Waals surface area contributed by atoms with Gasteiger partial charge in [-0.25, -0.2) is 0 Å². The van der Waals surface area contributed by atoms with Crippen LogP contribution in [0.5, 0.6) is 5.75 Å². The molecule has 0 unspecified atom stereocenters. The summed E-state index contributed by atoms with van der Waals surface area (Å²) in [6.45, 7) is 0.492. The second kappa shape index (κ2) is 9.51. The molecule has 0 spiro atoms. The summed E-state index contributed by atoms with van der Waals surface area (Å²) in [6, 6.07) is 29.8. The summed E-state index contributed by atoms with van der Waals surface area (Å²) in [4.78, 5) is 15.1. The van der Waals surface area contributed by atoms with Crippen LogP contribution in [0.3, 0.4) is 0 Å². The number of halogens is 1. The molecule has 33 heavy (non-hydrogen) atoms. The van der Waals surface area contributed by atoms with E-state index >= 15 is 0 Å². The fourth-order valence-electron chi connectivity index (χ4n) is 3.70. The fraction of sp³-hybridized carbons (Fsp3) is 0.0370. The van der Waals surface area contributed by atoms with Crippen LogP contribution in [0.15, 0.2) is 100 Å². The van der Waals surface area contributed by atoms with E-state index in [1.165, 1.54) is 22.5 Å². The van der Waals surface area contributed by atoms with E-state index < -0.39 is 0 Å². The van der Waals surface area contributed by atoms with Gasteiger partial charge in [0.2, 0.25) is 0 Å². The third-order valence-corrected chi connectivity index (χ3v) is 7.11. The molecule has 1 aliphatic heterocycles. The standard InChI is InChI=1S/C27H18BrNO2S2/c28-21-8-4-9-22(16-21)29-26(30)25(33-27(29)32)15-18-11-13-23(14-12-18)31-17-20-7-3-6-19-5-1-2-10-24(19)20/h1-16H,17H2/b25-15+. The summed E-state index contributed by atoms with van der Waals surface area (Å²) in [5.74, 6) is 0.668. The summed E-state index contributed by atoms with van der Waals surface area (Å²) in [5, 5.41) is 2.40. The van der Waals surface area contributed by atoms with Gasteiger partial charge in [0.05, 0.1) is 10.6 Å². The number of hydrogen-bond acceptors (Lipinski definition) is 4. The van der Waals surface area contributed by atoms with Gasteiger partial charge in [0.1, 0.15) is 12.4 Å². The second-order valence-corrected chi connectivity index (χ2v) is 10.1. The zero-order chi connectivity index (χ0) is 22.8. The maximum Gasteiger partial charge on any atom is 0.270 e. The molecule has 4 aromatic rings. The number of fused-ring (bicyclic) bond motifs is 1. The molecule has 0 aliphatic carbocycles. The van der Waals surface area contributed by atoms with Crippen LogP contribution in [-0.2, 0) is 11.4 Å². The highest BCUT2D eigenvalue weighted by atomic mass is 79.9. The Bertz CT molecular complexity index is 1390. The van der Waals surface area contributed by atoms with Crippen LogP contribution < -0.4 is 9.64 Å². The van der Waals surface area contributed by atoms with Crippen molar-refractivity contribution in [3.8, 4) is 5.75 Å². The van der Waals surface area contributed by atoms with E-state index in [-0.39, 0.29) is 5.91 Å². The van der Waals surface area contributed by atoms with Gasteiger partial charge >= 0.3 is 0 Å². The van der Waals surface area contributed by atoms with Crippen molar-refractivity contribution < 1.29 is 9.53 Å². The maximum atomic E-state index is 13.0. The van der Waals surface area contributed by atoms with Crippen molar-refractivity contribution in [2.24, 2.45) is 0 Å². The molecule has 1 heterocycles. The Labute approximate surface area is 210 Å². The van der Waals surface area contributed by atoms with Gasteiger partial charge in [0.15, 0.2) is 4.32 Å². The number of anilines is 1. The van der Waals surface area contributed by atoms with Crippen LogP contribution in [0.4, 0.5) is 5.69 Å². The molecular weight excluding hydrogens is 514 g/mol. The predicted octanol–water partition coefficient (Wildman–Crippen LogP) is 7.59. The first-order valence-electron chi connectivity index (χ1n) is 10.3. The lowest BCUT2D eigenvalue weighted by atomic mass is 10.1. The number of nitrogens with zero attached hydrogens (tertiary/aromatic N) is 1. The van der Waals surface area contributed by atoms with Gasteiger partial charge in [-0.15, -0.1) is 0 Å². The Morgan fingerprint density at radius 3 is 2.52 bits per heavy atom.